The number of benzene rings is 1. The SMILES string of the molecule is CC(=N[S@+]([O-])C(C)(C)C)c1ccc2c(c1)CCN2C(=O)c1ccnc(Cl)c1. The van der Waals surface area contributed by atoms with Crippen LogP contribution in [0.4, 0.5) is 5.69 Å². The minimum atomic E-state index is -1.30. The van der Waals surface area contributed by atoms with Crippen LogP contribution >= 0.6 is 11.6 Å². The number of hydrogen-bond donors (Lipinski definition) is 0. The van der Waals surface area contributed by atoms with E-state index >= 15 is 0 Å². The van der Waals surface area contributed by atoms with Gasteiger partial charge in [0.25, 0.3) is 5.91 Å². The molecule has 1 atom stereocenters. The highest BCUT2D eigenvalue weighted by molar-refractivity contribution is 7.91. The molecule has 1 aromatic heterocycles. The van der Waals surface area contributed by atoms with Crippen molar-refractivity contribution in [2.45, 2.75) is 38.9 Å². The fraction of sp³-hybridized carbons (Fsp3) is 0.350. The first-order chi connectivity index (χ1) is 12.7. The van der Waals surface area contributed by atoms with Gasteiger partial charge >= 0.3 is 0 Å². The molecule has 3 rings (SSSR count). The number of pyridine rings is 1. The van der Waals surface area contributed by atoms with Gasteiger partial charge in [0, 0.05) is 29.6 Å². The van der Waals surface area contributed by atoms with Gasteiger partial charge in [-0.2, -0.15) is 0 Å². The van der Waals surface area contributed by atoms with Crippen molar-refractivity contribution < 1.29 is 9.35 Å². The lowest BCUT2D eigenvalue weighted by Crippen LogP contribution is -2.28. The van der Waals surface area contributed by atoms with Crippen LogP contribution in [0.5, 0.6) is 0 Å². The first-order valence-corrected chi connectivity index (χ1v) is 10.2. The Hall–Kier alpha value is -1.89. The lowest BCUT2D eigenvalue weighted by molar-refractivity contribution is 0.0989. The Kier molecular flexibility index (Phi) is 5.60. The van der Waals surface area contributed by atoms with E-state index in [9.17, 15) is 9.35 Å². The first-order valence-electron chi connectivity index (χ1n) is 8.71. The van der Waals surface area contributed by atoms with E-state index in [2.05, 4.69) is 9.38 Å². The molecule has 1 aromatic carbocycles. The summed E-state index contributed by atoms with van der Waals surface area (Å²) in [5.74, 6) is -0.0926. The third-order valence-electron chi connectivity index (χ3n) is 4.36. The van der Waals surface area contributed by atoms with Crippen molar-refractivity contribution in [1.29, 1.82) is 0 Å². The standard InChI is InChI=1S/C20H22ClN3O2S/c1-13(23-27(26)20(2,3)4)14-5-6-17-15(11-14)8-10-24(17)19(25)16-7-9-22-18(21)12-16/h5-7,9,11-12H,8,10H2,1-4H3/t27-/m1/s1. The zero-order valence-electron chi connectivity index (χ0n) is 15.8. The second-order valence-electron chi connectivity index (χ2n) is 7.46. The van der Waals surface area contributed by atoms with Crippen LogP contribution in [0.25, 0.3) is 0 Å². The fourth-order valence-corrected chi connectivity index (χ4v) is 3.65. The lowest BCUT2D eigenvalue weighted by atomic mass is 10.1. The Morgan fingerprint density at radius 2 is 2.00 bits per heavy atom. The maximum absolute atomic E-state index is 12.8. The van der Waals surface area contributed by atoms with E-state index in [-0.39, 0.29) is 5.91 Å². The molecule has 142 valence electrons. The van der Waals surface area contributed by atoms with Crippen molar-refractivity contribution in [3.8, 4) is 0 Å². The number of amides is 1. The number of carbonyl (C=O) groups is 1. The molecule has 0 saturated carbocycles. The van der Waals surface area contributed by atoms with Crippen LogP contribution in [0.2, 0.25) is 5.15 Å². The van der Waals surface area contributed by atoms with Gasteiger partial charge in [-0.1, -0.05) is 22.1 Å². The van der Waals surface area contributed by atoms with Gasteiger partial charge in [-0.05, 0) is 63.9 Å². The summed E-state index contributed by atoms with van der Waals surface area (Å²) in [5, 5.41) is 0.300. The Bertz CT molecular complexity index is 908. The normalized spacial score (nSPS) is 15.6. The lowest BCUT2D eigenvalue weighted by Gasteiger charge is -2.19. The molecule has 0 N–H and O–H groups in total. The summed E-state index contributed by atoms with van der Waals surface area (Å²) in [6.45, 7) is 8.18. The third kappa shape index (κ3) is 4.34. The Balaban J connectivity index is 1.85. The van der Waals surface area contributed by atoms with Gasteiger partial charge in [0.15, 0.2) is 0 Å². The van der Waals surface area contributed by atoms with Gasteiger partial charge in [-0.15, -0.1) is 0 Å². The molecule has 2 heterocycles. The molecule has 0 spiro atoms. The summed E-state index contributed by atoms with van der Waals surface area (Å²) < 4.78 is 16.2. The summed E-state index contributed by atoms with van der Waals surface area (Å²) in [7, 11) is 0. The van der Waals surface area contributed by atoms with Crippen molar-refractivity contribution in [2.75, 3.05) is 11.4 Å². The number of hydrogen-bond acceptors (Lipinski definition) is 4. The molecule has 1 aliphatic heterocycles. The molecule has 2 aromatic rings. The molecular formula is C20H22ClN3O2S. The van der Waals surface area contributed by atoms with Gasteiger partial charge in [0.2, 0.25) is 0 Å². The minimum absolute atomic E-state index is 0.0926. The molecule has 7 heteroatoms. The summed E-state index contributed by atoms with van der Waals surface area (Å²) in [6.07, 6.45) is 2.30. The highest BCUT2D eigenvalue weighted by atomic mass is 35.5. The van der Waals surface area contributed by atoms with E-state index < -0.39 is 16.1 Å². The van der Waals surface area contributed by atoms with Crippen molar-refractivity contribution >= 4 is 40.3 Å². The molecule has 0 saturated heterocycles. The predicted molar refractivity (Wildman–Crippen MR) is 111 cm³/mol. The molecule has 1 amide bonds. The minimum Gasteiger partial charge on any atom is -0.591 e. The summed E-state index contributed by atoms with van der Waals surface area (Å²) in [6, 6.07) is 9.12. The summed E-state index contributed by atoms with van der Waals surface area (Å²) in [4.78, 5) is 18.5. The largest absolute Gasteiger partial charge is 0.591 e. The van der Waals surface area contributed by atoms with Gasteiger partial charge in [0.1, 0.15) is 21.3 Å². The molecular weight excluding hydrogens is 382 g/mol. The van der Waals surface area contributed by atoms with Crippen molar-refractivity contribution in [3.05, 3.63) is 58.4 Å². The fourth-order valence-electron chi connectivity index (χ4n) is 2.84. The van der Waals surface area contributed by atoms with Crippen molar-refractivity contribution in [2.24, 2.45) is 4.40 Å². The molecule has 0 radical (unpaired) electrons. The molecule has 0 aliphatic carbocycles. The second-order valence-corrected chi connectivity index (χ2v) is 9.75. The summed E-state index contributed by atoms with van der Waals surface area (Å²) >= 11 is 4.60. The smallest absolute Gasteiger partial charge is 0.258 e. The van der Waals surface area contributed by atoms with Gasteiger partial charge in [0.05, 0.1) is 5.71 Å². The van der Waals surface area contributed by atoms with E-state index in [0.717, 1.165) is 28.9 Å². The Labute approximate surface area is 167 Å². The average molecular weight is 404 g/mol. The number of nitrogens with zero attached hydrogens (tertiary/aromatic N) is 3. The van der Waals surface area contributed by atoms with Crippen LogP contribution in [0.1, 0.15) is 49.2 Å². The number of halogens is 1. The number of rotatable bonds is 3. The van der Waals surface area contributed by atoms with Crippen LogP contribution in [-0.2, 0) is 17.8 Å². The predicted octanol–water partition coefficient (Wildman–Crippen LogP) is 4.21. The van der Waals surface area contributed by atoms with Crippen LogP contribution in [0.3, 0.4) is 0 Å². The number of fused-ring (bicyclic) bond motifs is 1. The molecule has 0 fully saturated rings. The van der Waals surface area contributed by atoms with E-state index in [1.165, 1.54) is 6.20 Å². The van der Waals surface area contributed by atoms with Crippen LogP contribution in [0.15, 0.2) is 40.9 Å². The van der Waals surface area contributed by atoms with Crippen molar-refractivity contribution in [1.82, 2.24) is 4.98 Å². The van der Waals surface area contributed by atoms with Crippen LogP contribution in [0, 0.1) is 0 Å². The van der Waals surface area contributed by atoms with E-state index in [4.69, 9.17) is 11.6 Å². The molecule has 0 unspecified atom stereocenters. The van der Waals surface area contributed by atoms with E-state index in [1.54, 1.807) is 17.0 Å². The zero-order valence-corrected chi connectivity index (χ0v) is 17.4. The molecule has 0 bridgehead atoms. The molecule has 1 aliphatic rings. The number of aromatic nitrogens is 1. The highest BCUT2D eigenvalue weighted by Gasteiger charge is 2.28. The topological polar surface area (TPSA) is 68.6 Å². The van der Waals surface area contributed by atoms with E-state index in [1.807, 2.05) is 45.9 Å². The van der Waals surface area contributed by atoms with E-state index in [0.29, 0.717) is 17.3 Å². The van der Waals surface area contributed by atoms with Gasteiger partial charge in [-0.3, -0.25) is 4.79 Å². The first kappa shape index (κ1) is 19.9. The molecule has 5 nitrogen and oxygen atoms in total. The van der Waals surface area contributed by atoms with Crippen LogP contribution in [-0.4, -0.2) is 32.4 Å². The average Bonchev–Trinajstić information content (AvgIpc) is 3.03. The Morgan fingerprint density at radius 1 is 1.26 bits per heavy atom. The third-order valence-corrected chi connectivity index (χ3v) is 6.05. The summed E-state index contributed by atoms with van der Waals surface area (Å²) in [5.41, 5.74) is 4.15. The maximum atomic E-state index is 12.8. The van der Waals surface area contributed by atoms with Gasteiger partial charge < -0.3 is 9.45 Å². The monoisotopic (exact) mass is 403 g/mol. The number of anilines is 1. The highest BCUT2D eigenvalue weighted by Crippen LogP contribution is 2.31. The number of carbonyl (C=O) groups excluding carboxylic acids is 1. The molecule has 27 heavy (non-hydrogen) atoms. The van der Waals surface area contributed by atoms with Gasteiger partial charge in [-0.25, -0.2) is 4.98 Å². The Morgan fingerprint density at radius 3 is 2.67 bits per heavy atom. The van der Waals surface area contributed by atoms with Crippen molar-refractivity contribution in [3.63, 3.8) is 0 Å². The maximum Gasteiger partial charge on any atom is 0.258 e. The zero-order chi connectivity index (χ0) is 19.8. The second kappa shape index (κ2) is 7.62. The van der Waals surface area contributed by atoms with Crippen LogP contribution < -0.4 is 4.90 Å². The quantitative estimate of drug-likeness (QED) is 0.438.